The van der Waals surface area contributed by atoms with E-state index in [1.807, 2.05) is 9.47 Å². The summed E-state index contributed by atoms with van der Waals surface area (Å²) in [5.74, 6) is 0.241. The molecule has 136 valence electrons. The molecule has 1 aromatic carbocycles. The fourth-order valence-electron chi connectivity index (χ4n) is 3.38. The Morgan fingerprint density at radius 1 is 1.28 bits per heavy atom. The number of likely N-dealkylation sites (tertiary alicyclic amines) is 1. The van der Waals surface area contributed by atoms with Crippen molar-refractivity contribution in [3.63, 3.8) is 0 Å². The van der Waals surface area contributed by atoms with E-state index in [1.165, 1.54) is 11.1 Å². The number of carbonyl (C=O) groups excluding carboxylic acids is 1. The van der Waals surface area contributed by atoms with Crippen LogP contribution in [-0.2, 0) is 11.3 Å². The molecule has 2 aromatic rings. The molecule has 1 fully saturated rings. The monoisotopic (exact) mass is 344 g/mol. The Bertz CT molecular complexity index is 755. The number of rotatable bonds is 7. The molecule has 2 N–H and O–H groups in total. The van der Waals surface area contributed by atoms with Gasteiger partial charge in [0.1, 0.15) is 0 Å². The predicted octanol–water partition coefficient (Wildman–Crippen LogP) is 1.61. The highest BCUT2D eigenvalue weighted by Crippen LogP contribution is 2.18. The lowest BCUT2D eigenvalue weighted by Crippen LogP contribution is -2.43. The molecule has 0 saturated carbocycles. The third kappa shape index (κ3) is 4.19. The summed E-state index contributed by atoms with van der Waals surface area (Å²) in [4.78, 5) is 18.0. The second-order valence-electron chi connectivity index (χ2n) is 7.23. The maximum Gasteiger partial charge on any atom is 0.222 e. The first-order valence-electron chi connectivity index (χ1n) is 9.05. The maximum atomic E-state index is 11.7. The highest BCUT2D eigenvalue weighted by Gasteiger charge is 2.21. The van der Waals surface area contributed by atoms with Crippen LogP contribution in [0.2, 0.25) is 0 Å². The number of hydrogen-bond donors (Lipinski definition) is 2. The van der Waals surface area contributed by atoms with Gasteiger partial charge in [0, 0.05) is 32.1 Å². The van der Waals surface area contributed by atoms with Gasteiger partial charge in [-0.2, -0.15) is 0 Å². The first kappa shape index (κ1) is 17.9. The van der Waals surface area contributed by atoms with Crippen molar-refractivity contribution >= 4 is 16.9 Å². The Kier molecular flexibility index (Phi) is 5.39. The second kappa shape index (κ2) is 7.54. The van der Waals surface area contributed by atoms with Crippen LogP contribution in [0, 0.1) is 13.8 Å². The molecule has 0 spiro atoms. The molecule has 6 nitrogen and oxygen atoms in total. The first-order chi connectivity index (χ1) is 11.9. The summed E-state index contributed by atoms with van der Waals surface area (Å²) in [5, 5.41) is 13.7. The molecule has 0 radical (unpaired) electrons. The smallest absolute Gasteiger partial charge is 0.222 e. The second-order valence-corrected chi connectivity index (χ2v) is 7.23. The molecule has 2 unspecified atom stereocenters. The van der Waals surface area contributed by atoms with Crippen LogP contribution in [-0.4, -0.2) is 57.2 Å². The van der Waals surface area contributed by atoms with Crippen LogP contribution in [0.3, 0.4) is 0 Å². The van der Waals surface area contributed by atoms with E-state index in [0.29, 0.717) is 26.1 Å². The van der Waals surface area contributed by atoms with Crippen molar-refractivity contribution in [2.45, 2.75) is 52.3 Å². The molecule has 1 saturated heterocycles. The van der Waals surface area contributed by atoms with Gasteiger partial charge in [0.2, 0.25) is 5.91 Å². The Morgan fingerprint density at radius 2 is 2.04 bits per heavy atom. The molecule has 1 aromatic heterocycles. The minimum Gasteiger partial charge on any atom is -0.390 e. The molecule has 1 amide bonds. The largest absolute Gasteiger partial charge is 0.390 e. The van der Waals surface area contributed by atoms with E-state index in [9.17, 15) is 9.90 Å². The number of imidazole rings is 1. The quantitative estimate of drug-likeness (QED) is 0.801. The molecule has 25 heavy (non-hydrogen) atoms. The van der Waals surface area contributed by atoms with E-state index >= 15 is 0 Å². The molecule has 2 heterocycles. The van der Waals surface area contributed by atoms with Crippen LogP contribution in [0.4, 0.5) is 0 Å². The number of aromatic nitrogens is 2. The number of carbonyl (C=O) groups is 1. The van der Waals surface area contributed by atoms with Gasteiger partial charge in [-0.3, -0.25) is 4.79 Å². The third-order valence-electron chi connectivity index (χ3n) is 5.01. The van der Waals surface area contributed by atoms with E-state index in [0.717, 1.165) is 24.0 Å². The maximum absolute atomic E-state index is 11.7. The Hall–Kier alpha value is -1.92. The van der Waals surface area contributed by atoms with Crippen molar-refractivity contribution in [1.82, 2.24) is 19.8 Å². The summed E-state index contributed by atoms with van der Waals surface area (Å²) in [6, 6.07) is 4.38. The van der Waals surface area contributed by atoms with Crippen molar-refractivity contribution in [1.29, 1.82) is 0 Å². The van der Waals surface area contributed by atoms with Gasteiger partial charge in [0.05, 0.1) is 30.0 Å². The molecule has 0 aliphatic carbocycles. The van der Waals surface area contributed by atoms with Gasteiger partial charge in [-0.15, -0.1) is 0 Å². The lowest BCUT2D eigenvalue weighted by molar-refractivity contribution is -0.127. The molecule has 6 heteroatoms. The number of aliphatic hydroxyl groups excluding tert-OH is 1. The fourth-order valence-corrected chi connectivity index (χ4v) is 3.38. The van der Waals surface area contributed by atoms with Crippen LogP contribution in [0.15, 0.2) is 18.5 Å². The zero-order valence-corrected chi connectivity index (χ0v) is 15.3. The van der Waals surface area contributed by atoms with Crippen molar-refractivity contribution < 1.29 is 9.90 Å². The molecular formula is C19H28N4O2. The summed E-state index contributed by atoms with van der Waals surface area (Å²) < 4.78 is 2.00. The SMILES string of the molecule is Cc1cc2ncn(CC(O)CNC(C)CN3CCCC3=O)c2cc1C. The zero-order valence-electron chi connectivity index (χ0n) is 15.3. The van der Waals surface area contributed by atoms with E-state index < -0.39 is 6.10 Å². The lowest BCUT2D eigenvalue weighted by atomic mass is 10.1. The summed E-state index contributed by atoms with van der Waals surface area (Å²) in [5.41, 5.74) is 4.47. The highest BCUT2D eigenvalue weighted by molar-refractivity contribution is 5.78. The van der Waals surface area contributed by atoms with E-state index in [-0.39, 0.29) is 11.9 Å². The van der Waals surface area contributed by atoms with E-state index in [1.54, 1.807) is 6.33 Å². The molecular weight excluding hydrogens is 316 g/mol. The summed E-state index contributed by atoms with van der Waals surface area (Å²) >= 11 is 0. The fraction of sp³-hybridized carbons (Fsp3) is 0.579. The van der Waals surface area contributed by atoms with Gasteiger partial charge in [0.25, 0.3) is 0 Å². The number of nitrogens with zero attached hydrogens (tertiary/aromatic N) is 3. The average Bonchev–Trinajstić information content (AvgIpc) is 3.13. The van der Waals surface area contributed by atoms with Crippen molar-refractivity contribution in [3.8, 4) is 0 Å². The topological polar surface area (TPSA) is 70.4 Å². The normalized spacial score (nSPS) is 17.4. The lowest BCUT2D eigenvalue weighted by Gasteiger charge is -2.23. The van der Waals surface area contributed by atoms with Crippen molar-refractivity contribution in [3.05, 3.63) is 29.6 Å². The summed E-state index contributed by atoms with van der Waals surface area (Å²) in [6.07, 6.45) is 2.91. The molecule has 1 aliphatic heterocycles. The van der Waals surface area contributed by atoms with Crippen LogP contribution in [0.25, 0.3) is 11.0 Å². The third-order valence-corrected chi connectivity index (χ3v) is 5.01. The summed E-state index contributed by atoms with van der Waals surface area (Å²) in [6.45, 7) is 8.78. The van der Waals surface area contributed by atoms with Gasteiger partial charge in [-0.25, -0.2) is 4.98 Å². The molecule has 1 aliphatic rings. The van der Waals surface area contributed by atoms with Gasteiger partial charge in [-0.05, 0) is 50.5 Å². The first-order valence-corrected chi connectivity index (χ1v) is 9.05. The predicted molar refractivity (Wildman–Crippen MR) is 98.5 cm³/mol. The minimum atomic E-state index is -0.504. The molecule has 2 atom stereocenters. The van der Waals surface area contributed by atoms with Gasteiger partial charge in [-0.1, -0.05) is 0 Å². The van der Waals surface area contributed by atoms with Gasteiger partial charge in [0.15, 0.2) is 0 Å². The number of fused-ring (bicyclic) bond motifs is 1. The number of amides is 1. The standard InChI is InChI=1S/C19H28N4O2/c1-13-7-17-18(8-14(13)2)23(12-21-17)11-16(24)9-20-15(3)10-22-6-4-5-19(22)25/h7-8,12,15-16,20,24H,4-6,9-11H2,1-3H3. The van der Waals surface area contributed by atoms with Crippen molar-refractivity contribution in [2.24, 2.45) is 0 Å². The Morgan fingerprint density at radius 3 is 2.76 bits per heavy atom. The van der Waals surface area contributed by atoms with Gasteiger partial charge >= 0.3 is 0 Å². The number of hydrogen-bond acceptors (Lipinski definition) is 4. The zero-order chi connectivity index (χ0) is 18.0. The molecule has 3 rings (SSSR count). The van der Waals surface area contributed by atoms with Crippen LogP contribution in [0.1, 0.15) is 30.9 Å². The summed E-state index contributed by atoms with van der Waals surface area (Å²) in [7, 11) is 0. The minimum absolute atomic E-state index is 0.168. The van der Waals surface area contributed by atoms with Crippen LogP contribution >= 0.6 is 0 Å². The number of nitrogens with one attached hydrogen (secondary N) is 1. The highest BCUT2D eigenvalue weighted by atomic mass is 16.3. The van der Waals surface area contributed by atoms with Crippen LogP contribution in [0.5, 0.6) is 0 Å². The van der Waals surface area contributed by atoms with Crippen LogP contribution < -0.4 is 5.32 Å². The van der Waals surface area contributed by atoms with E-state index in [2.05, 4.69) is 43.2 Å². The number of benzene rings is 1. The van der Waals surface area contributed by atoms with E-state index in [4.69, 9.17) is 0 Å². The van der Waals surface area contributed by atoms with Crippen molar-refractivity contribution in [2.75, 3.05) is 19.6 Å². The van der Waals surface area contributed by atoms with Gasteiger partial charge < -0.3 is 19.9 Å². The molecule has 0 bridgehead atoms. The number of aliphatic hydroxyl groups is 1. The Labute approximate surface area is 148 Å². The average molecular weight is 344 g/mol. The Balaban J connectivity index is 1.53. The number of aryl methyl sites for hydroxylation is 2.